The number of carbonyl (C=O) groups excluding carboxylic acids is 2. The molecule has 2 aromatic carbocycles. The van der Waals surface area contributed by atoms with Crippen molar-refractivity contribution >= 4 is 23.1 Å². The molecular weight excluding hydrogens is 364 g/mol. The topological polar surface area (TPSA) is 58.6 Å². The van der Waals surface area contributed by atoms with E-state index in [2.05, 4.69) is 19.2 Å². The van der Waals surface area contributed by atoms with E-state index < -0.39 is 6.04 Å². The van der Waals surface area contributed by atoms with E-state index in [0.29, 0.717) is 17.7 Å². The summed E-state index contributed by atoms with van der Waals surface area (Å²) in [5.41, 5.74) is 3.90. The van der Waals surface area contributed by atoms with E-state index >= 15 is 0 Å². The number of rotatable bonds is 2. The minimum atomic E-state index is -0.502. The molecule has 150 valence electrons. The van der Waals surface area contributed by atoms with Crippen LogP contribution in [0.5, 0.6) is 5.75 Å². The highest BCUT2D eigenvalue weighted by Crippen LogP contribution is 2.48. The van der Waals surface area contributed by atoms with Crippen LogP contribution in [0.15, 0.2) is 59.8 Å². The average molecular weight is 390 g/mol. The van der Waals surface area contributed by atoms with Crippen LogP contribution in [-0.2, 0) is 9.59 Å². The molecule has 0 bridgehead atoms. The second-order valence-corrected chi connectivity index (χ2v) is 8.54. The molecular formula is C24H26N2O3. The van der Waals surface area contributed by atoms with Crippen molar-refractivity contribution in [2.45, 2.75) is 39.7 Å². The Morgan fingerprint density at radius 1 is 1.14 bits per heavy atom. The van der Waals surface area contributed by atoms with E-state index in [1.807, 2.05) is 48.5 Å². The first-order chi connectivity index (χ1) is 13.8. The zero-order valence-corrected chi connectivity index (χ0v) is 17.3. The number of ketones is 1. The van der Waals surface area contributed by atoms with E-state index in [4.69, 9.17) is 4.74 Å². The third kappa shape index (κ3) is 3.41. The van der Waals surface area contributed by atoms with E-state index in [1.54, 1.807) is 18.9 Å². The standard InChI is InChI=1S/C24H26N2O3/c1-15(27)26-20-11-6-5-10-18(20)25-19-13-24(2,3)14-21(28)22(19)23(26)16-8-7-9-17(12-16)29-4/h5-12,23,25H,13-14H2,1-4H3/t23-/m1/s1. The summed E-state index contributed by atoms with van der Waals surface area (Å²) < 4.78 is 5.42. The summed E-state index contributed by atoms with van der Waals surface area (Å²) in [5.74, 6) is 0.663. The Bertz CT molecular complexity index is 1020. The molecule has 0 aromatic heterocycles. The number of hydrogen-bond donors (Lipinski definition) is 1. The normalized spacial score (nSPS) is 20.3. The lowest BCUT2D eigenvalue weighted by molar-refractivity contribution is -0.118. The molecule has 1 heterocycles. The summed E-state index contributed by atoms with van der Waals surface area (Å²) in [7, 11) is 1.62. The summed E-state index contributed by atoms with van der Waals surface area (Å²) in [6.07, 6.45) is 1.20. The fourth-order valence-corrected chi connectivity index (χ4v) is 4.46. The summed E-state index contributed by atoms with van der Waals surface area (Å²) >= 11 is 0. The summed E-state index contributed by atoms with van der Waals surface area (Å²) in [5, 5.41) is 3.49. The van der Waals surface area contributed by atoms with Gasteiger partial charge in [-0.2, -0.15) is 0 Å². The first kappa shape index (κ1) is 19.2. The van der Waals surface area contributed by atoms with Gasteiger partial charge in [0, 0.05) is 24.6 Å². The molecule has 29 heavy (non-hydrogen) atoms. The number of nitrogens with one attached hydrogen (secondary N) is 1. The largest absolute Gasteiger partial charge is 0.497 e. The molecule has 2 aliphatic rings. The first-order valence-corrected chi connectivity index (χ1v) is 9.87. The molecule has 0 spiro atoms. The third-order valence-corrected chi connectivity index (χ3v) is 5.65. The summed E-state index contributed by atoms with van der Waals surface area (Å²) in [4.78, 5) is 28.0. The van der Waals surface area contributed by atoms with Gasteiger partial charge in [0.25, 0.3) is 0 Å². The molecule has 5 heteroatoms. The number of fused-ring (bicyclic) bond motifs is 1. The van der Waals surface area contributed by atoms with Crippen molar-refractivity contribution in [2.24, 2.45) is 5.41 Å². The van der Waals surface area contributed by atoms with Crippen LogP contribution in [0.25, 0.3) is 0 Å². The Morgan fingerprint density at radius 2 is 1.90 bits per heavy atom. The van der Waals surface area contributed by atoms with Crippen molar-refractivity contribution < 1.29 is 14.3 Å². The van der Waals surface area contributed by atoms with Crippen LogP contribution in [0.2, 0.25) is 0 Å². The number of para-hydroxylation sites is 2. The van der Waals surface area contributed by atoms with Crippen molar-refractivity contribution in [2.75, 3.05) is 17.3 Å². The van der Waals surface area contributed by atoms with Gasteiger partial charge in [-0.25, -0.2) is 0 Å². The van der Waals surface area contributed by atoms with Gasteiger partial charge in [0.2, 0.25) is 5.91 Å². The Kier molecular flexibility index (Phi) is 4.69. The van der Waals surface area contributed by atoms with Crippen LogP contribution < -0.4 is 15.0 Å². The number of hydrogen-bond acceptors (Lipinski definition) is 4. The van der Waals surface area contributed by atoms with E-state index in [9.17, 15) is 9.59 Å². The van der Waals surface area contributed by atoms with Crippen LogP contribution in [0.1, 0.15) is 45.2 Å². The molecule has 0 fully saturated rings. The monoisotopic (exact) mass is 390 g/mol. The number of methoxy groups -OCH3 is 1. The SMILES string of the molecule is COc1cccc([C@@H]2C3=C(CC(C)(C)CC3=O)Nc3ccccc3N2C(C)=O)c1. The second kappa shape index (κ2) is 7.07. The van der Waals surface area contributed by atoms with Gasteiger partial charge in [-0.3, -0.25) is 14.5 Å². The molecule has 1 N–H and O–H groups in total. The minimum absolute atomic E-state index is 0.0793. The molecule has 5 nitrogen and oxygen atoms in total. The lowest BCUT2D eigenvalue weighted by atomic mass is 9.73. The van der Waals surface area contributed by atoms with Gasteiger partial charge in [0.1, 0.15) is 5.75 Å². The molecule has 1 aliphatic carbocycles. The number of anilines is 2. The van der Waals surface area contributed by atoms with Crippen molar-refractivity contribution in [1.29, 1.82) is 0 Å². The first-order valence-electron chi connectivity index (χ1n) is 9.87. The molecule has 0 radical (unpaired) electrons. The van der Waals surface area contributed by atoms with Gasteiger partial charge in [-0.1, -0.05) is 38.1 Å². The van der Waals surface area contributed by atoms with Crippen LogP contribution in [0.3, 0.4) is 0 Å². The predicted molar refractivity (Wildman–Crippen MR) is 114 cm³/mol. The molecule has 1 atom stereocenters. The molecule has 1 aliphatic heterocycles. The maximum absolute atomic E-state index is 13.4. The minimum Gasteiger partial charge on any atom is -0.497 e. The molecule has 0 saturated carbocycles. The van der Waals surface area contributed by atoms with Crippen LogP contribution in [0, 0.1) is 5.41 Å². The molecule has 0 saturated heterocycles. The average Bonchev–Trinajstić information content (AvgIpc) is 2.81. The molecule has 1 amide bonds. The van der Waals surface area contributed by atoms with Crippen molar-refractivity contribution in [3.8, 4) is 5.75 Å². The highest BCUT2D eigenvalue weighted by molar-refractivity contribution is 6.05. The highest BCUT2D eigenvalue weighted by Gasteiger charge is 2.42. The molecule has 4 rings (SSSR count). The van der Waals surface area contributed by atoms with Gasteiger partial charge in [-0.05, 0) is 41.7 Å². The van der Waals surface area contributed by atoms with Crippen LogP contribution >= 0.6 is 0 Å². The number of carbonyl (C=O) groups is 2. The van der Waals surface area contributed by atoms with Gasteiger partial charge in [-0.15, -0.1) is 0 Å². The van der Waals surface area contributed by atoms with Crippen LogP contribution in [-0.4, -0.2) is 18.8 Å². The summed E-state index contributed by atoms with van der Waals surface area (Å²) in [6, 6.07) is 14.8. The molecule has 0 unspecified atom stereocenters. The van der Waals surface area contributed by atoms with Gasteiger partial charge in [0.15, 0.2) is 5.78 Å². The number of nitrogens with zero attached hydrogens (tertiary/aromatic N) is 1. The number of amides is 1. The zero-order chi connectivity index (χ0) is 20.8. The van der Waals surface area contributed by atoms with Gasteiger partial charge in [0.05, 0.1) is 24.5 Å². The molecule has 2 aromatic rings. The second-order valence-electron chi connectivity index (χ2n) is 8.54. The maximum Gasteiger partial charge on any atom is 0.224 e. The van der Waals surface area contributed by atoms with Gasteiger partial charge < -0.3 is 10.1 Å². The van der Waals surface area contributed by atoms with E-state index in [-0.39, 0.29) is 17.1 Å². The Labute approximate surface area is 171 Å². The summed E-state index contributed by atoms with van der Waals surface area (Å²) in [6.45, 7) is 5.76. The highest BCUT2D eigenvalue weighted by atomic mass is 16.5. The quantitative estimate of drug-likeness (QED) is 0.796. The maximum atomic E-state index is 13.4. The van der Waals surface area contributed by atoms with Crippen molar-refractivity contribution in [3.05, 3.63) is 65.4 Å². The zero-order valence-electron chi connectivity index (χ0n) is 17.3. The number of Topliss-reactive ketones (excluding diaryl/α,β-unsaturated/α-hetero) is 1. The number of benzene rings is 2. The number of allylic oxidation sites excluding steroid dienone is 1. The van der Waals surface area contributed by atoms with Crippen molar-refractivity contribution in [3.63, 3.8) is 0 Å². The fraction of sp³-hybridized carbons (Fsp3) is 0.333. The Morgan fingerprint density at radius 3 is 2.62 bits per heavy atom. The van der Waals surface area contributed by atoms with Gasteiger partial charge >= 0.3 is 0 Å². The smallest absolute Gasteiger partial charge is 0.224 e. The third-order valence-electron chi connectivity index (χ3n) is 5.65. The number of ether oxygens (including phenoxy) is 1. The lowest BCUT2D eigenvalue weighted by Gasteiger charge is -2.36. The predicted octanol–water partition coefficient (Wildman–Crippen LogP) is 4.86. The lowest BCUT2D eigenvalue weighted by Crippen LogP contribution is -2.38. The van der Waals surface area contributed by atoms with Crippen LogP contribution in [0.4, 0.5) is 11.4 Å². The van der Waals surface area contributed by atoms with Crippen molar-refractivity contribution in [1.82, 2.24) is 0 Å². The Hall–Kier alpha value is -3.08. The fourth-order valence-electron chi connectivity index (χ4n) is 4.46. The van der Waals surface area contributed by atoms with E-state index in [1.165, 1.54) is 0 Å². The van der Waals surface area contributed by atoms with E-state index in [0.717, 1.165) is 29.1 Å². The Balaban J connectivity index is 2.01.